The molecule has 0 aromatic carbocycles. The zero-order chi connectivity index (χ0) is 8.65. The van der Waals surface area contributed by atoms with E-state index in [9.17, 15) is 0 Å². The van der Waals surface area contributed by atoms with Gasteiger partial charge in [0.2, 0.25) is 0 Å². The molecule has 1 rings (SSSR count). The highest BCUT2D eigenvalue weighted by atomic mass is 35.5. The van der Waals surface area contributed by atoms with Gasteiger partial charge in [-0.25, -0.2) is 0 Å². The summed E-state index contributed by atoms with van der Waals surface area (Å²) in [6, 6.07) is 0. The van der Waals surface area contributed by atoms with Crippen molar-refractivity contribution in [1.82, 2.24) is 5.32 Å². The number of halogens is 1. The molecule has 0 spiro atoms. The van der Waals surface area contributed by atoms with Crippen molar-refractivity contribution in [3.05, 3.63) is 0 Å². The van der Waals surface area contributed by atoms with Crippen molar-refractivity contribution in [2.75, 3.05) is 32.2 Å². The molecule has 0 bridgehead atoms. The molecule has 1 N–H and O–H groups in total. The van der Waals surface area contributed by atoms with E-state index in [4.69, 9.17) is 16.3 Å². The first-order valence-electron chi connectivity index (χ1n) is 4.78. The highest BCUT2D eigenvalue weighted by Gasteiger charge is 2.12. The maximum Gasteiger partial charge on any atom is 0.0469 e. The molecule has 0 atom stereocenters. The maximum atomic E-state index is 5.56. The molecule has 12 heavy (non-hydrogen) atoms. The summed E-state index contributed by atoms with van der Waals surface area (Å²) in [6.07, 6.45) is 3.51. The van der Waals surface area contributed by atoms with Crippen molar-refractivity contribution >= 4 is 11.6 Å². The Morgan fingerprint density at radius 1 is 1.33 bits per heavy atom. The molecule has 72 valence electrons. The normalized spacial score (nSPS) is 19.8. The van der Waals surface area contributed by atoms with Crippen LogP contribution in [0.2, 0.25) is 0 Å². The van der Waals surface area contributed by atoms with Crippen molar-refractivity contribution in [2.45, 2.75) is 19.3 Å². The van der Waals surface area contributed by atoms with Crippen LogP contribution < -0.4 is 5.32 Å². The Kier molecular flexibility index (Phi) is 5.74. The molecule has 1 aliphatic rings. The lowest BCUT2D eigenvalue weighted by molar-refractivity contribution is 0.0664. The molecule has 0 radical (unpaired) electrons. The monoisotopic (exact) mass is 191 g/mol. The molecule has 0 saturated carbocycles. The van der Waals surface area contributed by atoms with E-state index >= 15 is 0 Å². The topological polar surface area (TPSA) is 21.3 Å². The van der Waals surface area contributed by atoms with Crippen LogP contribution in [0.1, 0.15) is 19.3 Å². The van der Waals surface area contributed by atoms with Gasteiger partial charge < -0.3 is 10.1 Å². The number of hydrogen-bond donors (Lipinski definition) is 1. The van der Waals surface area contributed by atoms with Crippen molar-refractivity contribution < 1.29 is 4.74 Å². The standard InChI is InChI=1S/C9H18ClNO/c10-4-1-5-11-8-9-2-6-12-7-3-9/h9,11H,1-8H2. The van der Waals surface area contributed by atoms with Gasteiger partial charge in [-0.1, -0.05) is 0 Å². The number of alkyl halides is 1. The Morgan fingerprint density at radius 2 is 2.08 bits per heavy atom. The molecule has 1 saturated heterocycles. The van der Waals surface area contributed by atoms with Crippen molar-refractivity contribution in [3.63, 3.8) is 0 Å². The fourth-order valence-electron chi connectivity index (χ4n) is 1.45. The summed E-state index contributed by atoms with van der Waals surface area (Å²) >= 11 is 5.56. The second-order valence-electron chi connectivity index (χ2n) is 3.30. The molecule has 0 unspecified atom stereocenters. The molecule has 0 aromatic heterocycles. The van der Waals surface area contributed by atoms with Gasteiger partial charge in [0.1, 0.15) is 0 Å². The molecular weight excluding hydrogens is 174 g/mol. The maximum absolute atomic E-state index is 5.56. The van der Waals surface area contributed by atoms with Gasteiger partial charge in [0.15, 0.2) is 0 Å². The Bertz CT molecular complexity index is 105. The number of hydrogen-bond acceptors (Lipinski definition) is 2. The SMILES string of the molecule is ClCCCNCC1CCOCC1. The summed E-state index contributed by atoms with van der Waals surface area (Å²) in [7, 11) is 0. The van der Waals surface area contributed by atoms with E-state index < -0.39 is 0 Å². The van der Waals surface area contributed by atoms with Gasteiger partial charge in [-0.3, -0.25) is 0 Å². The van der Waals surface area contributed by atoms with Gasteiger partial charge in [-0.15, -0.1) is 11.6 Å². The number of ether oxygens (including phenoxy) is 1. The molecule has 1 heterocycles. The predicted molar refractivity (Wildman–Crippen MR) is 51.7 cm³/mol. The van der Waals surface area contributed by atoms with Gasteiger partial charge in [0.25, 0.3) is 0 Å². The van der Waals surface area contributed by atoms with Crippen LogP contribution in [0.5, 0.6) is 0 Å². The highest BCUT2D eigenvalue weighted by molar-refractivity contribution is 6.17. The third-order valence-corrected chi connectivity index (χ3v) is 2.53. The van der Waals surface area contributed by atoms with Gasteiger partial charge >= 0.3 is 0 Å². The van der Waals surface area contributed by atoms with Crippen LogP contribution in [-0.2, 0) is 4.74 Å². The minimum atomic E-state index is 0.765. The molecule has 1 fully saturated rings. The van der Waals surface area contributed by atoms with Crippen LogP contribution >= 0.6 is 11.6 Å². The van der Waals surface area contributed by atoms with Gasteiger partial charge in [0, 0.05) is 19.1 Å². The first-order chi connectivity index (χ1) is 5.93. The largest absolute Gasteiger partial charge is 0.381 e. The summed E-state index contributed by atoms with van der Waals surface area (Å²) in [6.45, 7) is 4.09. The Morgan fingerprint density at radius 3 is 2.75 bits per heavy atom. The average Bonchev–Trinajstić information content (AvgIpc) is 2.14. The van der Waals surface area contributed by atoms with E-state index in [0.717, 1.165) is 44.5 Å². The second kappa shape index (κ2) is 6.70. The average molecular weight is 192 g/mol. The van der Waals surface area contributed by atoms with Crippen LogP contribution in [0.15, 0.2) is 0 Å². The third-order valence-electron chi connectivity index (χ3n) is 2.26. The quantitative estimate of drug-likeness (QED) is 0.527. The summed E-state index contributed by atoms with van der Waals surface area (Å²) in [5.74, 6) is 1.59. The summed E-state index contributed by atoms with van der Waals surface area (Å²) in [5, 5.41) is 3.42. The molecule has 2 nitrogen and oxygen atoms in total. The van der Waals surface area contributed by atoms with Crippen molar-refractivity contribution in [3.8, 4) is 0 Å². The molecule has 0 aliphatic carbocycles. The Hall–Kier alpha value is 0.210. The zero-order valence-electron chi connectivity index (χ0n) is 7.52. The minimum absolute atomic E-state index is 0.765. The van der Waals surface area contributed by atoms with E-state index in [2.05, 4.69) is 5.32 Å². The van der Waals surface area contributed by atoms with Crippen LogP contribution in [0.3, 0.4) is 0 Å². The molecule has 0 amide bonds. The van der Waals surface area contributed by atoms with E-state index in [1.54, 1.807) is 0 Å². The Labute approximate surface area is 79.6 Å². The summed E-state index contributed by atoms with van der Waals surface area (Å²) in [4.78, 5) is 0. The second-order valence-corrected chi connectivity index (χ2v) is 3.68. The minimum Gasteiger partial charge on any atom is -0.381 e. The number of rotatable bonds is 5. The van der Waals surface area contributed by atoms with Crippen LogP contribution in [0.4, 0.5) is 0 Å². The lowest BCUT2D eigenvalue weighted by Gasteiger charge is -2.22. The van der Waals surface area contributed by atoms with E-state index in [1.165, 1.54) is 12.8 Å². The van der Waals surface area contributed by atoms with Crippen LogP contribution in [0, 0.1) is 5.92 Å². The van der Waals surface area contributed by atoms with Crippen LogP contribution in [0.25, 0.3) is 0 Å². The van der Waals surface area contributed by atoms with Crippen LogP contribution in [-0.4, -0.2) is 32.2 Å². The summed E-state index contributed by atoms with van der Waals surface area (Å²) < 4.78 is 5.28. The molecule has 3 heteroatoms. The third kappa shape index (κ3) is 4.29. The van der Waals surface area contributed by atoms with Gasteiger partial charge in [0.05, 0.1) is 0 Å². The highest BCUT2D eigenvalue weighted by Crippen LogP contribution is 2.12. The van der Waals surface area contributed by atoms with E-state index in [0.29, 0.717) is 0 Å². The smallest absolute Gasteiger partial charge is 0.0469 e. The van der Waals surface area contributed by atoms with E-state index in [1.807, 2.05) is 0 Å². The van der Waals surface area contributed by atoms with Gasteiger partial charge in [-0.2, -0.15) is 0 Å². The van der Waals surface area contributed by atoms with E-state index in [-0.39, 0.29) is 0 Å². The molecule has 1 aliphatic heterocycles. The lowest BCUT2D eigenvalue weighted by atomic mass is 10.0. The lowest BCUT2D eigenvalue weighted by Crippen LogP contribution is -2.28. The summed E-state index contributed by atoms with van der Waals surface area (Å²) in [5.41, 5.74) is 0. The van der Waals surface area contributed by atoms with Crippen molar-refractivity contribution in [1.29, 1.82) is 0 Å². The predicted octanol–water partition coefficient (Wildman–Crippen LogP) is 1.63. The molecular formula is C9H18ClNO. The van der Waals surface area contributed by atoms with Crippen molar-refractivity contribution in [2.24, 2.45) is 5.92 Å². The fourth-order valence-corrected chi connectivity index (χ4v) is 1.58. The fraction of sp³-hybridized carbons (Fsp3) is 1.00. The first-order valence-corrected chi connectivity index (χ1v) is 5.31. The number of nitrogens with one attached hydrogen (secondary N) is 1. The molecule has 0 aromatic rings. The Balaban J connectivity index is 1.91. The zero-order valence-corrected chi connectivity index (χ0v) is 8.28. The first kappa shape index (κ1) is 10.3. The van der Waals surface area contributed by atoms with Gasteiger partial charge in [-0.05, 0) is 38.3 Å².